The molecular weight excluding hydrogens is 290 g/mol. The molecule has 0 aliphatic rings. The van der Waals surface area contributed by atoms with Crippen LogP contribution in [0.5, 0.6) is 5.75 Å². The Labute approximate surface area is 134 Å². The van der Waals surface area contributed by atoms with Crippen molar-refractivity contribution in [2.24, 2.45) is 0 Å². The summed E-state index contributed by atoms with van der Waals surface area (Å²) in [7, 11) is 1.62. The molecule has 0 fully saturated rings. The summed E-state index contributed by atoms with van der Waals surface area (Å²) in [6, 6.07) is 13.5. The number of nitrogens with one attached hydrogen (secondary N) is 2. The smallest absolute Gasteiger partial charge is 0.224 e. The number of aromatic nitrogens is 2. The number of aryl methyl sites for hydroxylation is 1. The Morgan fingerprint density at radius 1 is 1.17 bits per heavy atom. The zero-order valence-corrected chi connectivity index (χ0v) is 13.2. The number of fused-ring (bicyclic) bond motifs is 1. The molecule has 0 bridgehead atoms. The fraction of sp³-hybridized carbons (Fsp3) is 0.222. The number of nitrogens with zero attached hydrogens (tertiary/aromatic N) is 1. The second-order valence-corrected chi connectivity index (χ2v) is 5.48. The first kappa shape index (κ1) is 15.1. The number of hydrogen-bond donors (Lipinski definition) is 2. The molecule has 5 heteroatoms. The highest BCUT2D eigenvalue weighted by molar-refractivity contribution is 5.79. The molecule has 3 aromatic rings. The van der Waals surface area contributed by atoms with E-state index < -0.39 is 0 Å². The molecule has 3 rings (SSSR count). The van der Waals surface area contributed by atoms with Gasteiger partial charge in [0.15, 0.2) is 0 Å². The number of benzene rings is 2. The van der Waals surface area contributed by atoms with Crippen molar-refractivity contribution in [3.8, 4) is 5.75 Å². The van der Waals surface area contributed by atoms with E-state index in [0.29, 0.717) is 13.0 Å². The molecule has 0 unspecified atom stereocenters. The number of hydrogen-bond acceptors (Lipinski definition) is 3. The van der Waals surface area contributed by atoms with Crippen LogP contribution in [0.25, 0.3) is 11.0 Å². The highest BCUT2D eigenvalue weighted by Gasteiger charge is 2.05. The molecule has 0 saturated heterocycles. The van der Waals surface area contributed by atoms with E-state index in [9.17, 15) is 4.79 Å². The summed E-state index contributed by atoms with van der Waals surface area (Å²) in [6.07, 6.45) is 0.357. The molecule has 0 radical (unpaired) electrons. The molecule has 2 N–H and O–H groups in total. The molecule has 118 valence electrons. The van der Waals surface area contributed by atoms with E-state index in [0.717, 1.165) is 33.7 Å². The Balaban J connectivity index is 1.58. The highest BCUT2D eigenvalue weighted by Crippen LogP contribution is 2.14. The zero-order valence-electron chi connectivity index (χ0n) is 13.2. The number of aromatic amines is 1. The van der Waals surface area contributed by atoms with Crippen LogP contribution in [0.1, 0.15) is 17.0 Å². The van der Waals surface area contributed by atoms with Crippen LogP contribution in [0, 0.1) is 6.92 Å². The number of imidazole rings is 1. The molecule has 5 nitrogen and oxygen atoms in total. The first-order chi connectivity index (χ1) is 11.1. The maximum Gasteiger partial charge on any atom is 0.224 e. The fourth-order valence-electron chi connectivity index (χ4n) is 2.49. The Hall–Kier alpha value is -2.82. The van der Waals surface area contributed by atoms with Crippen LogP contribution < -0.4 is 10.1 Å². The van der Waals surface area contributed by atoms with Crippen molar-refractivity contribution >= 4 is 16.9 Å². The maximum atomic E-state index is 12.0. The Bertz CT molecular complexity index is 822. The topological polar surface area (TPSA) is 67.0 Å². The van der Waals surface area contributed by atoms with Gasteiger partial charge in [-0.2, -0.15) is 0 Å². The number of rotatable bonds is 5. The number of methoxy groups -OCH3 is 1. The minimum Gasteiger partial charge on any atom is -0.497 e. The summed E-state index contributed by atoms with van der Waals surface area (Å²) in [6.45, 7) is 2.43. The second kappa shape index (κ2) is 6.52. The highest BCUT2D eigenvalue weighted by atomic mass is 16.5. The average molecular weight is 309 g/mol. The SMILES string of the molecule is COc1ccc(CC(=O)NCc2ccc3nc(C)[nH]c3c2)cc1. The van der Waals surface area contributed by atoms with Gasteiger partial charge >= 0.3 is 0 Å². The van der Waals surface area contributed by atoms with Gasteiger partial charge in [0.25, 0.3) is 0 Å². The summed E-state index contributed by atoms with van der Waals surface area (Å²) in [4.78, 5) is 19.6. The summed E-state index contributed by atoms with van der Waals surface area (Å²) >= 11 is 0. The zero-order chi connectivity index (χ0) is 16.2. The predicted molar refractivity (Wildman–Crippen MR) is 89.4 cm³/mol. The first-order valence-electron chi connectivity index (χ1n) is 7.49. The molecule has 23 heavy (non-hydrogen) atoms. The minimum absolute atomic E-state index is 0.00365. The summed E-state index contributed by atoms with van der Waals surface area (Å²) in [5, 5.41) is 2.94. The van der Waals surface area contributed by atoms with Crippen LogP contribution in [0.15, 0.2) is 42.5 Å². The minimum atomic E-state index is -0.00365. The molecule has 0 saturated carbocycles. The largest absolute Gasteiger partial charge is 0.497 e. The van der Waals surface area contributed by atoms with Crippen molar-refractivity contribution in [1.82, 2.24) is 15.3 Å². The lowest BCUT2D eigenvalue weighted by atomic mass is 10.1. The molecule has 0 aliphatic carbocycles. The van der Waals surface area contributed by atoms with Crippen molar-refractivity contribution in [2.75, 3.05) is 7.11 Å². The molecule has 1 heterocycles. The van der Waals surface area contributed by atoms with Gasteiger partial charge in [-0.25, -0.2) is 4.98 Å². The average Bonchev–Trinajstić information content (AvgIpc) is 2.93. The van der Waals surface area contributed by atoms with Gasteiger partial charge in [0.05, 0.1) is 24.6 Å². The van der Waals surface area contributed by atoms with Gasteiger partial charge in [-0.05, 0) is 42.3 Å². The van der Waals surface area contributed by atoms with Crippen LogP contribution in [-0.2, 0) is 17.8 Å². The van der Waals surface area contributed by atoms with Crippen molar-refractivity contribution in [2.45, 2.75) is 19.9 Å². The van der Waals surface area contributed by atoms with Gasteiger partial charge in [-0.3, -0.25) is 4.79 Å². The van der Waals surface area contributed by atoms with Gasteiger partial charge in [0.2, 0.25) is 5.91 Å². The van der Waals surface area contributed by atoms with Crippen LogP contribution >= 0.6 is 0 Å². The Kier molecular flexibility index (Phi) is 4.28. The Morgan fingerprint density at radius 2 is 1.91 bits per heavy atom. The van der Waals surface area contributed by atoms with E-state index in [-0.39, 0.29) is 5.91 Å². The molecule has 1 aromatic heterocycles. The first-order valence-corrected chi connectivity index (χ1v) is 7.49. The lowest BCUT2D eigenvalue weighted by Crippen LogP contribution is -2.24. The van der Waals surface area contributed by atoms with Crippen LogP contribution in [0.3, 0.4) is 0 Å². The number of carbonyl (C=O) groups is 1. The van der Waals surface area contributed by atoms with Crippen molar-refractivity contribution in [3.05, 3.63) is 59.4 Å². The summed E-state index contributed by atoms with van der Waals surface area (Å²) in [5.74, 6) is 1.68. The number of amides is 1. The van der Waals surface area contributed by atoms with Gasteiger partial charge in [-0.15, -0.1) is 0 Å². The lowest BCUT2D eigenvalue weighted by Gasteiger charge is -2.06. The Morgan fingerprint density at radius 3 is 2.65 bits per heavy atom. The lowest BCUT2D eigenvalue weighted by molar-refractivity contribution is -0.120. The standard InChI is InChI=1S/C18H19N3O2/c1-12-20-16-8-5-14(9-17(16)21-12)11-19-18(22)10-13-3-6-15(23-2)7-4-13/h3-9H,10-11H2,1-2H3,(H,19,22)(H,20,21). The monoisotopic (exact) mass is 309 g/mol. The van der Waals surface area contributed by atoms with Gasteiger partial charge in [0, 0.05) is 6.54 Å². The third-order valence-corrected chi connectivity index (χ3v) is 3.68. The third-order valence-electron chi connectivity index (χ3n) is 3.68. The number of ether oxygens (including phenoxy) is 1. The van der Waals surface area contributed by atoms with Gasteiger partial charge in [0.1, 0.15) is 11.6 Å². The molecule has 0 spiro atoms. The third kappa shape index (κ3) is 3.69. The van der Waals surface area contributed by atoms with E-state index in [4.69, 9.17) is 4.74 Å². The maximum absolute atomic E-state index is 12.0. The van der Waals surface area contributed by atoms with E-state index in [1.165, 1.54) is 0 Å². The van der Waals surface area contributed by atoms with Gasteiger partial charge < -0.3 is 15.0 Å². The molecular formula is C18H19N3O2. The fourth-order valence-corrected chi connectivity index (χ4v) is 2.49. The number of H-pyrrole nitrogens is 1. The number of carbonyl (C=O) groups excluding carboxylic acids is 1. The molecule has 1 amide bonds. The van der Waals surface area contributed by atoms with Crippen molar-refractivity contribution in [1.29, 1.82) is 0 Å². The van der Waals surface area contributed by atoms with Crippen molar-refractivity contribution in [3.63, 3.8) is 0 Å². The predicted octanol–water partition coefficient (Wildman–Crippen LogP) is 2.74. The second-order valence-electron chi connectivity index (χ2n) is 5.48. The quantitative estimate of drug-likeness (QED) is 0.761. The van der Waals surface area contributed by atoms with Crippen LogP contribution in [-0.4, -0.2) is 23.0 Å². The summed E-state index contributed by atoms with van der Waals surface area (Å²) in [5.41, 5.74) is 3.94. The van der Waals surface area contributed by atoms with E-state index >= 15 is 0 Å². The van der Waals surface area contributed by atoms with Gasteiger partial charge in [-0.1, -0.05) is 18.2 Å². The summed E-state index contributed by atoms with van der Waals surface area (Å²) < 4.78 is 5.11. The van der Waals surface area contributed by atoms with Crippen molar-refractivity contribution < 1.29 is 9.53 Å². The molecule has 0 aliphatic heterocycles. The molecule has 0 atom stereocenters. The van der Waals surface area contributed by atoms with Crippen LogP contribution in [0.2, 0.25) is 0 Å². The normalized spacial score (nSPS) is 10.7. The van der Waals surface area contributed by atoms with E-state index in [1.807, 2.05) is 49.4 Å². The van der Waals surface area contributed by atoms with E-state index in [1.54, 1.807) is 7.11 Å². The molecule has 2 aromatic carbocycles. The van der Waals surface area contributed by atoms with E-state index in [2.05, 4.69) is 15.3 Å². The van der Waals surface area contributed by atoms with Crippen LogP contribution in [0.4, 0.5) is 0 Å².